The van der Waals surface area contributed by atoms with E-state index in [4.69, 9.17) is 9.26 Å². The van der Waals surface area contributed by atoms with Crippen LogP contribution in [-0.4, -0.2) is 30.3 Å². The summed E-state index contributed by atoms with van der Waals surface area (Å²) < 4.78 is 11.1. The molecule has 0 bridgehead atoms. The molecule has 122 valence electrons. The van der Waals surface area contributed by atoms with Gasteiger partial charge in [-0.15, -0.1) is 0 Å². The summed E-state index contributed by atoms with van der Waals surface area (Å²) in [6.45, 7) is 2.81. The Balaban J connectivity index is 1.60. The fraction of sp³-hybridized carbons (Fsp3) is 0.444. The van der Waals surface area contributed by atoms with Gasteiger partial charge in [-0.1, -0.05) is 48.3 Å². The first-order valence-corrected chi connectivity index (χ1v) is 8.17. The third kappa shape index (κ3) is 3.79. The Labute approximate surface area is 136 Å². The summed E-state index contributed by atoms with van der Waals surface area (Å²) >= 11 is 0. The normalized spacial score (nSPS) is 15.0. The minimum Gasteiger partial charge on any atom is -0.376 e. The predicted octanol–water partition coefficient (Wildman–Crippen LogP) is 3.34. The Bertz CT molecular complexity index is 646. The van der Waals surface area contributed by atoms with E-state index in [-0.39, 0.29) is 5.91 Å². The highest BCUT2D eigenvalue weighted by atomic mass is 16.5. The lowest BCUT2D eigenvalue weighted by molar-refractivity contribution is 0.0582. The molecular weight excluding hydrogens is 292 g/mol. The molecule has 1 aromatic carbocycles. The van der Waals surface area contributed by atoms with Crippen molar-refractivity contribution in [2.45, 2.75) is 38.7 Å². The first-order chi connectivity index (χ1) is 11.3. The van der Waals surface area contributed by atoms with Gasteiger partial charge in [0.25, 0.3) is 5.91 Å². The molecule has 1 fully saturated rings. The van der Waals surface area contributed by atoms with Gasteiger partial charge in [0.15, 0.2) is 5.76 Å². The van der Waals surface area contributed by atoms with Crippen molar-refractivity contribution in [3.05, 3.63) is 41.6 Å². The molecule has 1 aliphatic rings. The summed E-state index contributed by atoms with van der Waals surface area (Å²) in [6.07, 6.45) is 5.13. The average Bonchev–Trinajstić information content (AvgIpc) is 3.22. The van der Waals surface area contributed by atoms with Crippen LogP contribution >= 0.6 is 0 Å². The smallest absolute Gasteiger partial charge is 0.257 e. The van der Waals surface area contributed by atoms with Crippen LogP contribution in [0.15, 0.2) is 34.9 Å². The third-order valence-corrected chi connectivity index (χ3v) is 4.17. The monoisotopic (exact) mass is 314 g/mol. The van der Waals surface area contributed by atoms with E-state index in [0.717, 1.165) is 18.4 Å². The molecule has 1 aliphatic carbocycles. The molecule has 5 nitrogen and oxygen atoms in total. The van der Waals surface area contributed by atoms with Gasteiger partial charge < -0.3 is 14.6 Å². The van der Waals surface area contributed by atoms with Gasteiger partial charge in [-0.05, 0) is 19.8 Å². The molecule has 1 saturated carbocycles. The lowest BCUT2D eigenvalue weighted by Crippen LogP contribution is -2.29. The van der Waals surface area contributed by atoms with E-state index in [1.54, 1.807) is 6.92 Å². The van der Waals surface area contributed by atoms with Crippen molar-refractivity contribution >= 4 is 5.91 Å². The minimum atomic E-state index is -0.169. The highest BCUT2D eigenvalue weighted by Crippen LogP contribution is 2.25. The second-order valence-corrected chi connectivity index (χ2v) is 5.87. The fourth-order valence-corrected chi connectivity index (χ4v) is 2.96. The lowest BCUT2D eigenvalue weighted by Gasteiger charge is -2.11. The van der Waals surface area contributed by atoms with Crippen LogP contribution in [0.4, 0.5) is 0 Å². The fourth-order valence-electron chi connectivity index (χ4n) is 2.96. The van der Waals surface area contributed by atoms with Crippen LogP contribution < -0.4 is 5.32 Å². The number of aryl methyl sites for hydroxylation is 1. The predicted molar refractivity (Wildman–Crippen MR) is 87.2 cm³/mol. The van der Waals surface area contributed by atoms with Gasteiger partial charge in [0.1, 0.15) is 5.56 Å². The number of hydrogen-bond acceptors (Lipinski definition) is 4. The van der Waals surface area contributed by atoms with Gasteiger partial charge in [-0.2, -0.15) is 0 Å². The van der Waals surface area contributed by atoms with Gasteiger partial charge in [-0.3, -0.25) is 4.79 Å². The quantitative estimate of drug-likeness (QED) is 0.831. The van der Waals surface area contributed by atoms with E-state index < -0.39 is 0 Å². The molecule has 23 heavy (non-hydrogen) atoms. The molecule has 0 atom stereocenters. The van der Waals surface area contributed by atoms with Crippen molar-refractivity contribution in [2.24, 2.45) is 0 Å². The molecule has 1 aromatic heterocycles. The van der Waals surface area contributed by atoms with Crippen molar-refractivity contribution in [1.82, 2.24) is 10.5 Å². The third-order valence-electron chi connectivity index (χ3n) is 4.17. The molecule has 2 aromatic rings. The first kappa shape index (κ1) is 15.7. The number of hydrogen-bond donors (Lipinski definition) is 1. The zero-order chi connectivity index (χ0) is 16.1. The average molecular weight is 314 g/mol. The summed E-state index contributed by atoms with van der Waals surface area (Å²) in [7, 11) is 0. The zero-order valence-corrected chi connectivity index (χ0v) is 13.4. The van der Waals surface area contributed by atoms with Crippen molar-refractivity contribution in [3.8, 4) is 11.3 Å². The molecule has 0 spiro atoms. The van der Waals surface area contributed by atoms with Crippen LogP contribution in [0.5, 0.6) is 0 Å². The van der Waals surface area contributed by atoms with Crippen molar-refractivity contribution in [2.75, 3.05) is 13.2 Å². The molecule has 1 N–H and O–H groups in total. The number of amides is 1. The molecule has 0 saturated heterocycles. The summed E-state index contributed by atoms with van der Waals surface area (Å²) in [5, 5.41) is 6.83. The van der Waals surface area contributed by atoms with Gasteiger partial charge in [0.05, 0.1) is 18.4 Å². The highest BCUT2D eigenvalue weighted by Gasteiger charge is 2.21. The van der Waals surface area contributed by atoms with Gasteiger partial charge in [-0.25, -0.2) is 0 Å². The summed E-state index contributed by atoms with van der Waals surface area (Å²) in [5.74, 6) is 0.343. The highest BCUT2D eigenvalue weighted by molar-refractivity contribution is 6.00. The van der Waals surface area contributed by atoms with Crippen molar-refractivity contribution in [3.63, 3.8) is 0 Å². The number of carbonyl (C=O) groups excluding carboxylic acids is 1. The maximum Gasteiger partial charge on any atom is 0.257 e. The maximum absolute atomic E-state index is 12.5. The van der Waals surface area contributed by atoms with E-state index in [0.29, 0.717) is 36.3 Å². The van der Waals surface area contributed by atoms with Crippen LogP contribution in [0.1, 0.15) is 41.7 Å². The number of rotatable bonds is 6. The number of aromatic nitrogens is 1. The largest absolute Gasteiger partial charge is 0.376 e. The Morgan fingerprint density at radius 1 is 1.30 bits per heavy atom. The Morgan fingerprint density at radius 3 is 2.78 bits per heavy atom. The van der Waals surface area contributed by atoms with Crippen LogP contribution in [0, 0.1) is 6.92 Å². The second kappa shape index (κ2) is 7.42. The number of benzene rings is 1. The zero-order valence-electron chi connectivity index (χ0n) is 13.4. The van der Waals surface area contributed by atoms with Crippen LogP contribution in [-0.2, 0) is 4.74 Å². The number of carbonyl (C=O) groups is 1. The molecule has 0 aliphatic heterocycles. The Kier molecular flexibility index (Phi) is 5.08. The van der Waals surface area contributed by atoms with Crippen molar-refractivity contribution < 1.29 is 14.1 Å². The van der Waals surface area contributed by atoms with E-state index >= 15 is 0 Å². The minimum absolute atomic E-state index is 0.169. The molecule has 0 unspecified atom stereocenters. The van der Waals surface area contributed by atoms with E-state index in [1.807, 2.05) is 30.3 Å². The topological polar surface area (TPSA) is 64.4 Å². The Hall–Kier alpha value is -2.14. The molecule has 0 radical (unpaired) electrons. The summed E-state index contributed by atoms with van der Waals surface area (Å²) in [4.78, 5) is 12.5. The lowest BCUT2D eigenvalue weighted by atomic mass is 10.1. The standard InChI is InChI=1S/C18H22N2O3/c1-13-16(17(23-20-13)14-7-3-2-4-8-14)18(21)19-11-12-22-15-9-5-6-10-15/h2-4,7-8,15H,5-6,9-12H2,1H3,(H,19,21). The number of ether oxygens (including phenoxy) is 1. The van der Waals surface area contributed by atoms with Crippen molar-refractivity contribution in [1.29, 1.82) is 0 Å². The Morgan fingerprint density at radius 2 is 2.04 bits per heavy atom. The molecular formula is C18H22N2O3. The van der Waals surface area contributed by atoms with Crippen LogP contribution in [0.2, 0.25) is 0 Å². The van der Waals surface area contributed by atoms with Crippen LogP contribution in [0.3, 0.4) is 0 Å². The summed E-state index contributed by atoms with van der Waals surface area (Å²) in [5.41, 5.74) is 1.94. The van der Waals surface area contributed by atoms with E-state index in [1.165, 1.54) is 12.8 Å². The van der Waals surface area contributed by atoms with Crippen LogP contribution in [0.25, 0.3) is 11.3 Å². The first-order valence-electron chi connectivity index (χ1n) is 8.17. The molecule has 3 rings (SSSR count). The van der Waals surface area contributed by atoms with E-state index in [2.05, 4.69) is 10.5 Å². The molecule has 5 heteroatoms. The van der Waals surface area contributed by atoms with Gasteiger partial charge >= 0.3 is 0 Å². The number of nitrogens with one attached hydrogen (secondary N) is 1. The van der Waals surface area contributed by atoms with Gasteiger partial charge in [0.2, 0.25) is 0 Å². The molecule has 1 amide bonds. The number of nitrogens with zero attached hydrogens (tertiary/aromatic N) is 1. The SMILES string of the molecule is Cc1noc(-c2ccccc2)c1C(=O)NCCOC1CCCC1. The maximum atomic E-state index is 12.5. The summed E-state index contributed by atoms with van der Waals surface area (Å²) in [6, 6.07) is 9.54. The second-order valence-electron chi connectivity index (χ2n) is 5.87. The molecule has 1 heterocycles. The van der Waals surface area contributed by atoms with E-state index in [9.17, 15) is 4.79 Å². The van der Waals surface area contributed by atoms with Gasteiger partial charge in [0, 0.05) is 12.1 Å².